The molecule has 1 aromatic carbocycles. The Balaban J connectivity index is 2.64. The molecule has 70 valence electrons. The summed E-state index contributed by atoms with van der Waals surface area (Å²) in [6.07, 6.45) is -0.374. The smallest absolute Gasteiger partial charge is 0.169 e. The van der Waals surface area contributed by atoms with Crippen LogP contribution in [0, 0.1) is 0 Å². The third-order valence-electron chi connectivity index (χ3n) is 1.70. The zero-order chi connectivity index (χ0) is 9.84. The van der Waals surface area contributed by atoms with Gasteiger partial charge in [0.05, 0.1) is 0 Å². The fourth-order valence-electron chi connectivity index (χ4n) is 0.800. The standard InChI is InChI=1S/C10H11BrO2/c1-7(12)8(2)13-10-5-3-9(11)4-6-10/h3-6,8H,1-2H3/t8-/m0/s1. The van der Waals surface area contributed by atoms with Crippen LogP contribution < -0.4 is 4.74 Å². The lowest BCUT2D eigenvalue weighted by Crippen LogP contribution is -2.20. The second-order valence-electron chi connectivity index (χ2n) is 2.82. The Morgan fingerprint density at radius 3 is 2.38 bits per heavy atom. The molecular weight excluding hydrogens is 232 g/mol. The van der Waals surface area contributed by atoms with Crippen molar-refractivity contribution >= 4 is 21.7 Å². The number of benzene rings is 1. The number of hydrogen-bond acceptors (Lipinski definition) is 2. The van der Waals surface area contributed by atoms with Gasteiger partial charge < -0.3 is 4.74 Å². The number of halogens is 1. The van der Waals surface area contributed by atoms with Gasteiger partial charge in [-0.1, -0.05) is 15.9 Å². The monoisotopic (exact) mass is 242 g/mol. The molecule has 1 atom stereocenters. The van der Waals surface area contributed by atoms with Crippen LogP contribution in [0.3, 0.4) is 0 Å². The number of rotatable bonds is 3. The van der Waals surface area contributed by atoms with E-state index in [2.05, 4.69) is 15.9 Å². The number of carbonyl (C=O) groups excluding carboxylic acids is 1. The first-order valence-electron chi connectivity index (χ1n) is 4.02. The predicted octanol–water partition coefficient (Wildman–Crippen LogP) is 2.81. The Kier molecular flexibility index (Phi) is 3.48. The van der Waals surface area contributed by atoms with Crippen LogP contribution in [0.1, 0.15) is 13.8 Å². The fraction of sp³-hybridized carbons (Fsp3) is 0.300. The third-order valence-corrected chi connectivity index (χ3v) is 2.23. The van der Waals surface area contributed by atoms with E-state index >= 15 is 0 Å². The molecule has 0 saturated carbocycles. The van der Waals surface area contributed by atoms with Crippen molar-refractivity contribution < 1.29 is 9.53 Å². The molecule has 0 bridgehead atoms. The SMILES string of the molecule is CC(=O)[C@H](C)Oc1ccc(Br)cc1. The molecule has 13 heavy (non-hydrogen) atoms. The summed E-state index contributed by atoms with van der Waals surface area (Å²) in [5.41, 5.74) is 0. The maximum atomic E-state index is 10.9. The van der Waals surface area contributed by atoms with Crippen molar-refractivity contribution in [1.29, 1.82) is 0 Å². The Labute approximate surface area is 86.0 Å². The lowest BCUT2D eigenvalue weighted by atomic mass is 10.3. The van der Waals surface area contributed by atoms with Crippen LogP contribution in [0.5, 0.6) is 5.75 Å². The highest BCUT2D eigenvalue weighted by molar-refractivity contribution is 9.10. The van der Waals surface area contributed by atoms with Crippen molar-refractivity contribution in [1.82, 2.24) is 0 Å². The lowest BCUT2D eigenvalue weighted by molar-refractivity contribution is -0.122. The largest absolute Gasteiger partial charge is 0.483 e. The molecule has 3 heteroatoms. The van der Waals surface area contributed by atoms with Gasteiger partial charge in [0.2, 0.25) is 0 Å². The van der Waals surface area contributed by atoms with E-state index in [1.54, 1.807) is 6.92 Å². The predicted molar refractivity (Wildman–Crippen MR) is 54.9 cm³/mol. The molecule has 0 aliphatic carbocycles. The molecular formula is C10H11BrO2. The van der Waals surface area contributed by atoms with E-state index in [0.29, 0.717) is 5.75 Å². The van der Waals surface area contributed by atoms with Crippen molar-refractivity contribution in [2.75, 3.05) is 0 Å². The molecule has 0 radical (unpaired) electrons. The average molecular weight is 243 g/mol. The summed E-state index contributed by atoms with van der Waals surface area (Å²) < 4.78 is 6.36. The van der Waals surface area contributed by atoms with E-state index in [9.17, 15) is 4.79 Å². The van der Waals surface area contributed by atoms with Gasteiger partial charge in [-0.05, 0) is 38.1 Å². The topological polar surface area (TPSA) is 26.3 Å². The number of ketones is 1. The highest BCUT2D eigenvalue weighted by Gasteiger charge is 2.08. The number of carbonyl (C=O) groups is 1. The van der Waals surface area contributed by atoms with Crippen LogP contribution in [0.25, 0.3) is 0 Å². The minimum absolute atomic E-state index is 0.0305. The Bertz CT molecular complexity index is 292. The normalized spacial score (nSPS) is 12.2. The van der Waals surface area contributed by atoms with Crippen LogP contribution in [0.15, 0.2) is 28.7 Å². The summed E-state index contributed by atoms with van der Waals surface area (Å²) in [6.45, 7) is 3.26. The molecule has 0 amide bonds. The molecule has 2 nitrogen and oxygen atoms in total. The molecule has 0 spiro atoms. The molecule has 1 rings (SSSR count). The van der Waals surface area contributed by atoms with Crippen molar-refractivity contribution in [2.45, 2.75) is 20.0 Å². The first kappa shape index (κ1) is 10.3. The summed E-state index contributed by atoms with van der Waals surface area (Å²) in [7, 11) is 0. The van der Waals surface area contributed by atoms with Gasteiger partial charge in [-0.3, -0.25) is 4.79 Å². The van der Waals surface area contributed by atoms with Gasteiger partial charge in [-0.2, -0.15) is 0 Å². The van der Waals surface area contributed by atoms with E-state index in [0.717, 1.165) is 4.47 Å². The summed E-state index contributed by atoms with van der Waals surface area (Å²) in [5, 5.41) is 0. The molecule has 0 unspecified atom stereocenters. The van der Waals surface area contributed by atoms with Gasteiger partial charge in [-0.15, -0.1) is 0 Å². The Morgan fingerprint density at radius 1 is 1.38 bits per heavy atom. The highest BCUT2D eigenvalue weighted by Crippen LogP contribution is 2.17. The first-order valence-corrected chi connectivity index (χ1v) is 4.81. The van der Waals surface area contributed by atoms with E-state index in [1.165, 1.54) is 6.92 Å². The second-order valence-corrected chi connectivity index (χ2v) is 3.74. The Morgan fingerprint density at radius 2 is 1.92 bits per heavy atom. The molecule has 0 aliphatic heterocycles. The average Bonchev–Trinajstić information content (AvgIpc) is 2.08. The number of ether oxygens (including phenoxy) is 1. The number of Topliss-reactive ketones (excluding diaryl/α,β-unsaturated/α-hetero) is 1. The number of hydrogen-bond donors (Lipinski definition) is 0. The maximum absolute atomic E-state index is 10.9. The van der Waals surface area contributed by atoms with Crippen molar-refractivity contribution in [3.05, 3.63) is 28.7 Å². The summed E-state index contributed by atoms with van der Waals surface area (Å²) in [5.74, 6) is 0.744. The van der Waals surface area contributed by atoms with E-state index in [-0.39, 0.29) is 11.9 Å². The molecule has 0 aliphatic rings. The lowest BCUT2D eigenvalue weighted by Gasteiger charge is -2.10. The molecule has 0 heterocycles. The molecule has 0 saturated heterocycles. The maximum Gasteiger partial charge on any atom is 0.169 e. The van der Waals surface area contributed by atoms with Crippen LogP contribution in [-0.2, 0) is 4.79 Å². The van der Waals surface area contributed by atoms with Gasteiger partial charge in [-0.25, -0.2) is 0 Å². The van der Waals surface area contributed by atoms with Crippen molar-refractivity contribution in [3.63, 3.8) is 0 Å². The minimum Gasteiger partial charge on any atom is -0.483 e. The zero-order valence-electron chi connectivity index (χ0n) is 7.58. The second kappa shape index (κ2) is 4.42. The van der Waals surface area contributed by atoms with Crippen LogP contribution in [-0.4, -0.2) is 11.9 Å². The van der Waals surface area contributed by atoms with Crippen molar-refractivity contribution in [3.8, 4) is 5.75 Å². The van der Waals surface area contributed by atoms with E-state index in [1.807, 2.05) is 24.3 Å². The van der Waals surface area contributed by atoms with E-state index < -0.39 is 0 Å². The highest BCUT2D eigenvalue weighted by atomic mass is 79.9. The van der Waals surface area contributed by atoms with Gasteiger partial charge in [0, 0.05) is 4.47 Å². The van der Waals surface area contributed by atoms with Gasteiger partial charge in [0.1, 0.15) is 5.75 Å². The summed E-state index contributed by atoms with van der Waals surface area (Å²) in [6, 6.07) is 7.40. The van der Waals surface area contributed by atoms with Gasteiger partial charge >= 0.3 is 0 Å². The molecule has 1 aromatic rings. The third kappa shape index (κ3) is 3.19. The summed E-state index contributed by atoms with van der Waals surface area (Å²) >= 11 is 3.32. The van der Waals surface area contributed by atoms with Gasteiger partial charge in [0.15, 0.2) is 11.9 Å². The first-order chi connectivity index (χ1) is 6.09. The van der Waals surface area contributed by atoms with E-state index in [4.69, 9.17) is 4.74 Å². The zero-order valence-corrected chi connectivity index (χ0v) is 9.17. The van der Waals surface area contributed by atoms with Crippen LogP contribution in [0.2, 0.25) is 0 Å². The van der Waals surface area contributed by atoms with Crippen LogP contribution in [0.4, 0.5) is 0 Å². The minimum atomic E-state index is -0.374. The summed E-state index contributed by atoms with van der Waals surface area (Å²) in [4.78, 5) is 10.9. The quantitative estimate of drug-likeness (QED) is 0.815. The molecule has 0 fully saturated rings. The molecule has 0 aromatic heterocycles. The van der Waals surface area contributed by atoms with Crippen LogP contribution >= 0.6 is 15.9 Å². The van der Waals surface area contributed by atoms with Gasteiger partial charge in [0.25, 0.3) is 0 Å². The van der Waals surface area contributed by atoms with Crippen molar-refractivity contribution in [2.24, 2.45) is 0 Å². The fourth-order valence-corrected chi connectivity index (χ4v) is 1.06. The Hall–Kier alpha value is -0.830. The molecule has 0 N–H and O–H groups in total.